The lowest BCUT2D eigenvalue weighted by molar-refractivity contribution is -0.125. The average molecular weight is 905 g/mol. The van der Waals surface area contributed by atoms with Crippen molar-refractivity contribution in [2.75, 3.05) is 6.61 Å². The highest BCUT2D eigenvalue weighted by molar-refractivity contribution is 5.76. The van der Waals surface area contributed by atoms with Crippen LogP contribution in [0, 0.1) is 0 Å². The summed E-state index contributed by atoms with van der Waals surface area (Å²) in [4.78, 5) is 12.5. The summed E-state index contributed by atoms with van der Waals surface area (Å²) in [6.45, 7) is 4.29. The Bertz CT molecular complexity index is 909. The zero-order valence-corrected chi connectivity index (χ0v) is 43.7. The summed E-state index contributed by atoms with van der Waals surface area (Å²) < 4.78 is 0. The van der Waals surface area contributed by atoms with Crippen molar-refractivity contribution >= 4 is 5.91 Å². The monoisotopic (exact) mass is 904 g/mol. The van der Waals surface area contributed by atoms with E-state index in [1.165, 1.54) is 276 Å². The Morgan fingerprint density at radius 3 is 0.906 bits per heavy atom. The normalized spacial score (nSPS) is 13.3. The first-order chi connectivity index (χ1) is 31.5. The van der Waals surface area contributed by atoms with Gasteiger partial charge < -0.3 is 20.6 Å². The third-order valence-corrected chi connectivity index (χ3v) is 14.1. The molecule has 64 heavy (non-hydrogen) atoms. The van der Waals surface area contributed by atoms with Crippen LogP contribution in [0.1, 0.15) is 335 Å². The molecule has 3 atom stereocenters. The van der Waals surface area contributed by atoms with E-state index in [-0.39, 0.29) is 18.9 Å². The molecule has 0 saturated carbocycles. The van der Waals surface area contributed by atoms with Crippen LogP contribution in [0.15, 0.2) is 12.2 Å². The second-order valence-corrected chi connectivity index (χ2v) is 20.6. The predicted molar refractivity (Wildman–Crippen MR) is 282 cm³/mol. The van der Waals surface area contributed by atoms with Crippen LogP contribution in [-0.2, 0) is 4.79 Å². The van der Waals surface area contributed by atoms with Crippen molar-refractivity contribution in [3.05, 3.63) is 12.2 Å². The quantitative estimate of drug-likeness (QED) is 0.0362. The highest BCUT2D eigenvalue weighted by atomic mass is 16.3. The van der Waals surface area contributed by atoms with Crippen LogP contribution in [0.5, 0.6) is 0 Å². The Kier molecular flexibility index (Phi) is 53.9. The number of unbranched alkanes of at least 4 members (excludes halogenated alkanes) is 44. The zero-order valence-electron chi connectivity index (χ0n) is 43.7. The molecule has 0 fully saturated rings. The lowest BCUT2D eigenvalue weighted by Crippen LogP contribution is -2.46. The average Bonchev–Trinajstić information content (AvgIpc) is 3.29. The third kappa shape index (κ3) is 50.5. The molecule has 5 heteroatoms. The van der Waals surface area contributed by atoms with Crippen molar-refractivity contribution in [2.45, 2.75) is 353 Å². The first-order valence-electron chi connectivity index (χ1n) is 29.5. The fourth-order valence-corrected chi connectivity index (χ4v) is 9.58. The van der Waals surface area contributed by atoms with Gasteiger partial charge in [-0.25, -0.2) is 0 Å². The van der Waals surface area contributed by atoms with Crippen molar-refractivity contribution in [1.82, 2.24) is 5.32 Å². The second-order valence-electron chi connectivity index (χ2n) is 20.6. The minimum atomic E-state index is -0.746. The first-order valence-corrected chi connectivity index (χ1v) is 29.5. The smallest absolute Gasteiger partial charge is 0.222 e. The maximum Gasteiger partial charge on any atom is 0.222 e. The molecule has 0 aliphatic heterocycles. The molecule has 1 amide bonds. The van der Waals surface area contributed by atoms with Crippen molar-refractivity contribution in [1.29, 1.82) is 0 Å². The molecule has 0 aromatic carbocycles. The van der Waals surface area contributed by atoms with Gasteiger partial charge in [0, 0.05) is 0 Å². The van der Waals surface area contributed by atoms with Crippen LogP contribution in [-0.4, -0.2) is 46.1 Å². The van der Waals surface area contributed by atoms with E-state index >= 15 is 0 Å². The number of amides is 1. The summed E-state index contributed by atoms with van der Waals surface area (Å²) in [6, 6.07) is -0.655. The Balaban J connectivity index is 3.43. The number of carbonyl (C=O) groups excluding carboxylic acids is 1. The van der Waals surface area contributed by atoms with Crippen molar-refractivity contribution < 1.29 is 20.1 Å². The van der Waals surface area contributed by atoms with Gasteiger partial charge in [0.15, 0.2) is 0 Å². The minimum absolute atomic E-state index is 0.0410. The van der Waals surface area contributed by atoms with Crippen LogP contribution in [0.25, 0.3) is 0 Å². The highest BCUT2D eigenvalue weighted by Crippen LogP contribution is 2.18. The lowest BCUT2D eigenvalue weighted by atomic mass is 10.0. The molecule has 0 rings (SSSR count). The van der Waals surface area contributed by atoms with Gasteiger partial charge in [0.05, 0.1) is 31.3 Å². The Morgan fingerprint density at radius 1 is 0.375 bits per heavy atom. The SMILES string of the molecule is CCCCCCCCCCCCCCCCCC/C=C\CCCCCCCCCCCCCCCCCC(O)CC(=O)NC(CO)C(O)CCCCCCCCCCCCCCCC. The number of hydrogen-bond acceptors (Lipinski definition) is 4. The molecular weight excluding hydrogens is 787 g/mol. The van der Waals surface area contributed by atoms with Gasteiger partial charge in [0.2, 0.25) is 5.91 Å². The molecular formula is C59H117NO4. The molecule has 0 aliphatic rings. The summed E-state index contributed by atoms with van der Waals surface area (Å²) in [5, 5.41) is 33.6. The van der Waals surface area contributed by atoms with Crippen LogP contribution >= 0.6 is 0 Å². The van der Waals surface area contributed by atoms with Gasteiger partial charge in [-0.05, 0) is 38.5 Å². The van der Waals surface area contributed by atoms with E-state index in [1.807, 2.05) is 0 Å². The van der Waals surface area contributed by atoms with Crippen LogP contribution in [0.3, 0.4) is 0 Å². The van der Waals surface area contributed by atoms with Crippen LogP contribution in [0.2, 0.25) is 0 Å². The lowest BCUT2D eigenvalue weighted by Gasteiger charge is -2.23. The fourth-order valence-electron chi connectivity index (χ4n) is 9.58. The number of nitrogens with one attached hydrogen (secondary N) is 1. The number of aliphatic hydroxyl groups is 3. The topological polar surface area (TPSA) is 89.8 Å². The Hall–Kier alpha value is -0.910. The molecule has 0 spiro atoms. The number of aliphatic hydroxyl groups excluding tert-OH is 3. The summed E-state index contributed by atoms with van der Waals surface area (Å²) in [5.41, 5.74) is 0. The van der Waals surface area contributed by atoms with Gasteiger partial charge >= 0.3 is 0 Å². The van der Waals surface area contributed by atoms with Gasteiger partial charge in [0.1, 0.15) is 0 Å². The van der Waals surface area contributed by atoms with E-state index in [0.717, 1.165) is 25.7 Å². The molecule has 5 nitrogen and oxygen atoms in total. The van der Waals surface area contributed by atoms with Crippen LogP contribution in [0.4, 0.5) is 0 Å². The van der Waals surface area contributed by atoms with E-state index in [1.54, 1.807) is 0 Å². The second kappa shape index (κ2) is 54.7. The standard InChI is InChI=1S/C59H117NO4/c1-3-5-7-9-11-13-15-17-19-20-21-22-23-24-25-26-27-28-29-30-31-32-33-34-35-36-37-38-39-40-42-44-46-48-50-52-56(62)54-59(64)60-57(55-61)58(63)53-51-49-47-45-43-41-18-16-14-12-10-8-6-4-2/h28-29,56-58,61-63H,3-27,30-55H2,1-2H3,(H,60,64)/b29-28-. The summed E-state index contributed by atoms with van der Waals surface area (Å²) in [6.07, 6.45) is 68.2. The third-order valence-electron chi connectivity index (χ3n) is 14.1. The van der Waals surface area contributed by atoms with E-state index in [4.69, 9.17) is 0 Å². The Morgan fingerprint density at radius 2 is 0.625 bits per heavy atom. The predicted octanol–water partition coefficient (Wildman–Crippen LogP) is 18.3. The van der Waals surface area contributed by atoms with Gasteiger partial charge in [-0.1, -0.05) is 302 Å². The van der Waals surface area contributed by atoms with E-state index in [9.17, 15) is 20.1 Å². The maximum atomic E-state index is 12.5. The molecule has 3 unspecified atom stereocenters. The molecule has 0 aromatic rings. The number of rotatable bonds is 55. The molecule has 0 saturated heterocycles. The minimum Gasteiger partial charge on any atom is -0.394 e. The first kappa shape index (κ1) is 63.1. The number of carbonyl (C=O) groups is 1. The van der Waals surface area contributed by atoms with Gasteiger partial charge in [-0.2, -0.15) is 0 Å². The molecule has 0 heterocycles. The van der Waals surface area contributed by atoms with Crippen molar-refractivity contribution in [2.24, 2.45) is 0 Å². The molecule has 0 aliphatic carbocycles. The summed E-state index contributed by atoms with van der Waals surface area (Å²) >= 11 is 0. The molecule has 382 valence electrons. The van der Waals surface area contributed by atoms with Crippen molar-refractivity contribution in [3.63, 3.8) is 0 Å². The largest absolute Gasteiger partial charge is 0.394 e. The van der Waals surface area contributed by atoms with E-state index in [0.29, 0.717) is 12.8 Å². The molecule has 4 N–H and O–H groups in total. The van der Waals surface area contributed by atoms with Gasteiger partial charge in [-0.3, -0.25) is 4.79 Å². The zero-order chi connectivity index (χ0) is 46.5. The Labute approximate surface area is 401 Å². The van der Waals surface area contributed by atoms with Gasteiger partial charge in [-0.15, -0.1) is 0 Å². The number of allylic oxidation sites excluding steroid dienone is 2. The van der Waals surface area contributed by atoms with Gasteiger partial charge in [0.25, 0.3) is 0 Å². The summed E-state index contributed by atoms with van der Waals surface area (Å²) in [5.74, 6) is -0.277. The molecule has 0 radical (unpaired) electrons. The fraction of sp³-hybridized carbons (Fsp3) is 0.949. The van der Waals surface area contributed by atoms with E-state index < -0.39 is 18.2 Å². The number of hydrogen-bond donors (Lipinski definition) is 4. The molecule has 0 bridgehead atoms. The summed E-state index contributed by atoms with van der Waals surface area (Å²) in [7, 11) is 0. The highest BCUT2D eigenvalue weighted by Gasteiger charge is 2.21. The van der Waals surface area contributed by atoms with Crippen LogP contribution < -0.4 is 5.32 Å². The van der Waals surface area contributed by atoms with Crippen molar-refractivity contribution in [3.8, 4) is 0 Å². The molecule has 0 aromatic heterocycles. The van der Waals surface area contributed by atoms with E-state index in [2.05, 4.69) is 31.3 Å². The maximum absolute atomic E-state index is 12.5.